The first-order chi connectivity index (χ1) is 9.15. The second-order valence-corrected chi connectivity index (χ2v) is 5.17. The van der Waals surface area contributed by atoms with E-state index in [1.807, 2.05) is 0 Å². The molecule has 104 valence electrons. The van der Waals surface area contributed by atoms with E-state index in [9.17, 15) is 9.18 Å². The maximum absolute atomic E-state index is 12.9. The molecular formula is C14H17ClFNO2. The lowest BCUT2D eigenvalue weighted by molar-refractivity contribution is -0.124. The van der Waals surface area contributed by atoms with Gasteiger partial charge in [0, 0.05) is 12.1 Å². The normalized spacial score (nSPS) is 16.1. The standard InChI is InChI=1S/C14H17ClFNO2/c15-12-8-11(6-7-13(12)16)19-9-14(18)17-10-4-2-1-3-5-10/h6-8,10H,1-5,9H2,(H,17,18). The number of hydrogen-bond donors (Lipinski definition) is 1. The van der Waals surface area contributed by atoms with E-state index in [1.165, 1.54) is 37.5 Å². The molecule has 0 unspecified atom stereocenters. The molecule has 19 heavy (non-hydrogen) atoms. The largest absolute Gasteiger partial charge is 0.484 e. The Morgan fingerprint density at radius 2 is 2.11 bits per heavy atom. The Morgan fingerprint density at radius 1 is 1.37 bits per heavy atom. The highest BCUT2D eigenvalue weighted by molar-refractivity contribution is 6.30. The van der Waals surface area contributed by atoms with Crippen LogP contribution in [0.5, 0.6) is 5.75 Å². The molecule has 1 aromatic carbocycles. The summed E-state index contributed by atoms with van der Waals surface area (Å²) in [5.41, 5.74) is 0. The molecule has 0 saturated heterocycles. The summed E-state index contributed by atoms with van der Waals surface area (Å²) in [6.45, 7) is -0.0710. The van der Waals surface area contributed by atoms with Crippen molar-refractivity contribution in [2.24, 2.45) is 0 Å². The van der Waals surface area contributed by atoms with Crippen molar-refractivity contribution >= 4 is 17.5 Å². The van der Waals surface area contributed by atoms with Gasteiger partial charge in [-0.25, -0.2) is 4.39 Å². The van der Waals surface area contributed by atoms with Gasteiger partial charge in [-0.2, -0.15) is 0 Å². The highest BCUT2D eigenvalue weighted by Gasteiger charge is 2.15. The topological polar surface area (TPSA) is 38.3 Å². The van der Waals surface area contributed by atoms with E-state index >= 15 is 0 Å². The second kappa shape index (κ2) is 6.75. The van der Waals surface area contributed by atoms with E-state index in [0.29, 0.717) is 5.75 Å². The first-order valence-electron chi connectivity index (χ1n) is 6.52. The minimum Gasteiger partial charge on any atom is -0.484 e. The Labute approximate surface area is 117 Å². The van der Waals surface area contributed by atoms with Crippen molar-refractivity contribution < 1.29 is 13.9 Å². The van der Waals surface area contributed by atoms with Gasteiger partial charge in [-0.1, -0.05) is 30.9 Å². The summed E-state index contributed by atoms with van der Waals surface area (Å²) in [7, 11) is 0. The van der Waals surface area contributed by atoms with E-state index < -0.39 is 5.82 Å². The van der Waals surface area contributed by atoms with Gasteiger partial charge in [-0.15, -0.1) is 0 Å². The molecular weight excluding hydrogens is 269 g/mol. The van der Waals surface area contributed by atoms with E-state index in [1.54, 1.807) is 0 Å². The van der Waals surface area contributed by atoms with Crippen LogP contribution in [0, 0.1) is 5.82 Å². The quantitative estimate of drug-likeness (QED) is 0.922. The van der Waals surface area contributed by atoms with Crippen LogP contribution in [0.1, 0.15) is 32.1 Å². The first-order valence-corrected chi connectivity index (χ1v) is 6.90. The SMILES string of the molecule is O=C(COc1ccc(F)c(Cl)c1)NC1CCCCC1. The number of hydrogen-bond acceptors (Lipinski definition) is 2. The van der Waals surface area contributed by atoms with Gasteiger partial charge in [0.05, 0.1) is 5.02 Å². The van der Waals surface area contributed by atoms with Gasteiger partial charge >= 0.3 is 0 Å². The summed E-state index contributed by atoms with van der Waals surface area (Å²) in [6, 6.07) is 4.30. The maximum Gasteiger partial charge on any atom is 0.258 e. The summed E-state index contributed by atoms with van der Waals surface area (Å²) in [6.07, 6.45) is 5.65. The predicted octanol–water partition coefficient (Wildman–Crippen LogP) is 3.31. The van der Waals surface area contributed by atoms with Crippen molar-refractivity contribution in [3.05, 3.63) is 29.0 Å². The van der Waals surface area contributed by atoms with E-state index in [-0.39, 0.29) is 23.6 Å². The lowest BCUT2D eigenvalue weighted by atomic mass is 9.95. The Morgan fingerprint density at radius 3 is 2.79 bits per heavy atom. The molecule has 0 heterocycles. The van der Waals surface area contributed by atoms with Crippen LogP contribution in [0.15, 0.2) is 18.2 Å². The summed E-state index contributed by atoms with van der Waals surface area (Å²) in [5, 5.41) is 2.94. The fourth-order valence-corrected chi connectivity index (χ4v) is 2.40. The fourth-order valence-electron chi connectivity index (χ4n) is 2.23. The summed E-state index contributed by atoms with van der Waals surface area (Å²) < 4.78 is 18.2. The number of ether oxygens (including phenoxy) is 1. The Bertz CT molecular complexity index is 447. The summed E-state index contributed by atoms with van der Waals surface area (Å²) in [4.78, 5) is 11.7. The van der Waals surface area contributed by atoms with Crippen LogP contribution < -0.4 is 10.1 Å². The highest BCUT2D eigenvalue weighted by Crippen LogP contribution is 2.21. The molecule has 1 aliphatic rings. The summed E-state index contributed by atoms with van der Waals surface area (Å²) >= 11 is 5.63. The number of carbonyl (C=O) groups is 1. The number of carbonyl (C=O) groups excluding carboxylic acids is 1. The third-order valence-corrected chi connectivity index (χ3v) is 3.52. The van der Waals surface area contributed by atoms with E-state index in [2.05, 4.69) is 5.32 Å². The molecule has 1 fully saturated rings. The zero-order valence-corrected chi connectivity index (χ0v) is 11.4. The molecule has 1 aliphatic carbocycles. The number of nitrogens with one attached hydrogen (secondary N) is 1. The van der Waals surface area contributed by atoms with E-state index in [4.69, 9.17) is 16.3 Å². The van der Waals surface area contributed by atoms with Crippen molar-refractivity contribution in [2.45, 2.75) is 38.1 Å². The average molecular weight is 286 g/mol. The van der Waals surface area contributed by atoms with Crippen LogP contribution in [0.25, 0.3) is 0 Å². The molecule has 0 aliphatic heterocycles. The van der Waals surface area contributed by atoms with Crippen LogP contribution >= 0.6 is 11.6 Å². The Balaban J connectivity index is 1.77. The maximum atomic E-state index is 12.9. The van der Waals surface area contributed by atoms with Crippen molar-refractivity contribution in [1.29, 1.82) is 0 Å². The highest BCUT2D eigenvalue weighted by atomic mass is 35.5. The smallest absolute Gasteiger partial charge is 0.258 e. The fraction of sp³-hybridized carbons (Fsp3) is 0.500. The second-order valence-electron chi connectivity index (χ2n) is 4.77. The molecule has 1 amide bonds. The molecule has 0 aromatic heterocycles. The van der Waals surface area contributed by atoms with Gasteiger partial charge < -0.3 is 10.1 Å². The lowest BCUT2D eigenvalue weighted by Crippen LogP contribution is -2.38. The van der Waals surface area contributed by atoms with Gasteiger partial charge in [0.1, 0.15) is 11.6 Å². The van der Waals surface area contributed by atoms with Crippen LogP contribution in [0.4, 0.5) is 4.39 Å². The number of benzene rings is 1. The number of rotatable bonds is 4. The van der Waals surface area contributed by atoms with Crippen LogP contribution in [-0.2, 0) is 4.79 Å². The summed E-state index contributed by atoms with van der Waals surface area (Å²) in [5.74, 6) is -0.252. The third-order valence-electron chi connectivity index (χ3n) is 3.23. The minimum absolute atomic E-state index is 0.00908. The van der Waals surface area contributed by atoms with Crippen molar-refractivity contribution in [1.82, 2.24) is 5.32 Å². The Kier molecular flexibility index (Phi) is 5.02. The molecule has 0 spiro atoms. The molecule has 2 rings (SSSR count). The number of amides is 1. The van der Waals surface area contributed by atoms with Gasteiger partial charge in [-0.3, -0.25) is 4.79 Å². The van der Waals surface area contributed by atoms with Gasteiger partial charge in [0.15, 0.2) is 6.61 Å². The van der Waals surface area contributed by atoms with Gasteiger partial charge in [0.25, 0.3) is 5.91 Å². The molecule has 1 aromatic rings. The van der Waals surface area contributed by atoms with Crippen molar-refractivity contribution in [3.63, 3.8) is 0 Å². The molecule has 0 atom stereocenters. The molecule has 0 bridgehead atoms. The Hall–Kier alpha value is -1.29. The zero-order valence-electron chi connectivity index (χ0n) is 10.6. The van der Waals surface area contributed by atoms with Gasteiger partial charge in [-0.05, 0) is 25.0 Å². The van der Waals surface area contributed by atoms with Crippen LogP contribution in [0.2, 0.25) is 5.02 Å². The lowest BCUT2D eigenvalue weighted by Gasteiger charge is -2.22. The average Bonchev–Trinajstić information content (AvgIpc) is 2.41. The minimum atomic E-state index is -0.499. The zero-order chi connectivity index (χ0) is 13.7. The van der Waals surface area contributed by atoms with Gasteiger partial charge in [0.2, 0.25) is 0 Å². The third kappa shape index (κ3) is 4.39. The molecule has 1 N–H and O–H groups in total. The van der Waals surface area contributed by atoms with Crippen LogP contribution in [0.3, 0.4) is 0 Å². The molecule has 1 saturated carbocycles. The van der Waals surface area contributed by atoms with Crippen molar-refractivity contribution in [2.75, 3.05) is 6.61 Å². The van der Waals surface area contributed by atoms with E-state index in [0.717, 1.165) is 12.8 Å². The molecule has 5 heteroatoms. The first kappa shape index (κ1) is 14.1. The molecule has 3 nitrogen and oxygen atoms in total. The van der Waals surface area contributed by atoms with Crippen LogP contribution in [-0.4, -0.2) is 18.6 Å². The molecule has 0 radical (unpaired) electrons. The monoisotopic (exact) mass is 285 g/mol. The predicted molar refractivity (Wildman–Crippen MR) is 71.9 cm³/mol. The number of halogens is 2. The van der Waals surface area contributed by atoms with Crippen molar-refractivity contribution in [3.8, 4) is 5.75 Å².